The smallest absolute Gasteiger partial charge is 0.416 e. The highest BCUT2D eigenvalue weighted by atomic mass is 35.5. The van der Waals surface area contributed by atoms with Crippen LogP contribution in [0, 0.1) is 0 Å². The molecule has 1 aromatic heterocycles. The number of carbonyl (C=O) groups is 1. The first-order valence-corrected chi connectivity index (χ1v) is 9.85. The molecule has 0 N–H and O–H groups in total. The van der Waals surface area contributed by atoms with Gasteiger partial charge >= 0.3 is 12.1 Å². The average molecular weight is 428 g/mol. The lowest BCUT2D eigenvalue weighted by molar-refractivity contribution is -0.141. The second-order valence-electron chi connectivity index (χ2n) is 4.91. The van der Waals surface area contributed by atoms with Gasteiger partial charge in [-0.2, -0.15) is 13.2 Å². The second-order valence-corrected chi connectivity index (χ2v) is 8.36. The maximum atomic E-state index is 13.0. The Kier molecular flexibility index (Phi) is 6.20. The molecule has 2 aromatic rings. The number of hydrogen-bond acceptors (Lipinski definition) is 5. The Morgan fingerprint density at radius 2 is 2.00 bits per heavy atom. The molecule has 0 saturated carbocycles. The summed E-state index contributed by atoms with van der Waals surface area (Å²) in [5.74, 6) is -0.916. The van der Waals surface area contributed by atoms with Gasteiger partial charge in [-0.15, -0.1) is 11.3 Å². The minimum Gasteiger partial charge on any atom is -0.465 e. The largest absolute Gasteiger partial charge is 0.465 e. The van der Waals surface area contributed by atoms with Crippen molar-refractivity contribution in [1.29, 1.82) is 0 Å². The summed E-state index contributed by atoms with van der Waals surface area (Å²) >= 11 is 6.81. The normalized spacial score (nSPS) is 12.0. The van der Waals surface area contributed by atoms with E-state index in [2.05, 4.69) is 0 Å². The number of rotatable bonds is 6. The van der Waals surface area contributed by atoms with E-state index in [0.717, 1.165) is 23.5 Å². The van der Waals surface area contributed by atoms with Crippen LogP contribution in [0.5, 0.6) is 0 Å². The maximum Gasteiger partial charge on any atom is 0.416 e. The summed E-state index contributed by atoms with van der Waals surface area (Å²) in [6.07, 6.45) is -4.71. The van der Waals surface area contributed by atoms with Crippen molar-refractivity contribution in [2.24, 2.45) is 0 Å². The Morgan fingerprint density at radius 3 is 2.54 bits per heavy atom. The van der Waals surface area contributed by atoms with Gasteiger partial charge in [0.1, 0.15) is 10.8 Å². The highest BCUT2D eigenvalue weighted by molar-refractivity contribution is 7.94. The van der Waals surface area contributed by atoms with Crippen LogP contribution in [0.1, 0.15) is 12.5 Å². The third-order valence-corrected chi connectivity index (χ3v) is 6.61. The number of anilines is 1. The number of carbonyl (C=O) groups excluding carboxylic acids is 1. The fraction of sp³-hybridized carbons (Fsp3) is 0.267. The molecule has 5 nitrogen and oxygen atoms in total. The fourth-order valence-electron chi connectivity index (χ4n) is 2.02. The summed E-state index contributed by atoms with van der Waals surface area (Å²) < 4.78 is 69.8. The van der Waals surface area contributed by atoms with Crippen LogP contribution in [0.2, 0.25) is 5.02 Å². The molecule has 26 heavy (non-hydrogen) atoms. The van der Waals surface area contributed by atoms with E-state index in [4.69, 9.17) is 16.3 Å². The number of alkyl halides is 3. The first kappa shape index (κ1) is 20.5. The van der Waals surface area contributed by atoms with Crippen LogP contribution in [0.3, 0.4) is 0 Å². The summed E-state index contributed by atoms with van der Waals surface area (Å²) in [6.45, 7) is 0.699. The highest BCUT2D eigenvalue weighted by Gasteiger charge is 2.35. The minimum atomic E-state index is -4.71. The van der Waals surface area contributed by atoms with Crippen LogP contribution in [-0.2, 0) is 25.7 Å². The lowest BCUT2D eigenvalue weighted by Gasteiger charge is -2.24. The molecular formula is C15H13ClF3NO4S2. The van der Waals surface area contributed by atoms with E-state index >= 15 is 0 Å². The lowest BCUT2D eigenvalue weighted by atomic mass is 10.2. The van der Waals surface area contributed by atoms with Crippen molar-refractivity contribution in [3.8, 4) is 0 Å². The third kappa shape index (κ3) is 4.49. The van der Waals surface area contributed by atoms with Crippen LogP contribution < -0.4 is 4.31 Å². The molecule has 142 valence electrons. The van der Waals surface area contributed by atoms with E-state index in [1.165, 1.54) is 24.4 Å². The van der Waals surface area contributed by atoms with E-state index in [-0.39, 0.29) is 15.8 Å². The molecule has 0 amide bonds. The quantitative estimate of drug-likeness (QED) is 0.649. The number of esters is 1. The molecule has 0 atom stereocenters. The Bertz CT molecular complexity index is 883. The van der Waals surface area contributed by atoms with Gasteiger partial charge in [-0.1, -0.05) is 17.7 Å². The van der Waals surface area contributed by atoms with E-state index in [0.29, 0.717) is 10.4 Å². The molecule has 2 rings (SSSR count). The van der Waals surface area contributed by atoms with Crippen molar-refractivity contribution in [2.45, 2.75) is 17.3 Å². The fourth-order valence-corrected chi connectivity index (χ4v) is 4.82. The Morgan fingerprint density at radius 1 is 1.31 bits per heavy atom. The van der Waals surface area contributed by atoms with E-state index in [1.807, 2.05) is 0 Å². The van der Waals surface area contributed by atoms with Crippen molar-refractivity contribution in [2.75, 3.05) is 17.5 Å². The third-order valence-electron chi connectivity index (χ3n) is 3.16. The molecule has 0 bridgehead atoms. The van der Waals surface area contributed by atoms with Gasteiger partial charge in [-0.05, 0) is 36.6 Å². The summed E-state index contributed by atoms with van der Waals surface area (Å²) in [4.78, 5) is 11.8. The van der Waals surface area contributed by atoms with Crippen LogP contribution >= 0.6 is 22.9 Å². The number of halogens is 4. The van der Waals surface area contributed by atoms with Crippen molar-refractivity contribution in [1.82, 2.24) is 0 Å². The van der Waals surface area contributed by atoms with Gasteiger partial charge in [0.15, 0.2) is 0 Å². The molecule has 0 unspecified atom stereocenters. The Hall–Kier alpha value is -1.78. The van der Waals surface area contributed by atoms with Crippen LogP contribution in [-0.4, -0.2) is 27.5 Å². The van der Waals surface area contributed by atoms with Gasteiger partial charge in [0.05, 0.1) is 22.9 Å². The highest BCUT2D eigenvalue weighted by Crippen LogP contribution is 2.37. The van der Waals surface area contributed by atoms with Crippen molar-refractivity contribution < 1.29 is 31.1 Å². The van der Waals surface area contributed by atoms with Crippen molar-refractivity contribution in [3.05, 3.63) is 46.3 Å². The van der Waals surface area contributed by atoms with Crippen LogP contribution in [0.25, 0.3) is 0 Å². The standard InChI is InChI=1S/C15H13ClF3NO4S2/c1-2-24-13(21)9-20(26(22,23)14-4-3-7-25-14)12-8-10(15(17,18)19)5-6-11(12)16/h3-8H,2,9H2,1H3. The molecule has 0 fully saturated rings. The molecular weight excluding hydrogens is 415 g/mol. The number of ether oxygens (including phenoxy) is 1. The van der Waals surface area contributed by atoms with Crippen LogP contribution in [0.15, 0.2) is 39.9 Å². The summed E-state index contributed by atoms with van der Waals surface area (Å²) in [7, 11) is -4.31. The average Bonchev–Trinajstić information content (AvgIpc) is 3.07. The number of nitrogens with zero attached hydrogens (tertiary/aromatic N) is 1. The number of sulfonamides is 1. The van der Waals surface area contributed by atoms with E-state index < -0.39 is 40.0 Å². The van der Waals surface area contributed by atoms with Crippen molar-refractivity contribution in [3.63, 3.8) is 0 Å². The van der Waals surface area contributed by atoms with Gasteiger partial charge in [0, 0.05) is 0 Å². The number of hydrogen-bond donors (Lipinski definition) is 0. The van der Waals surface area contributed by atoms with Crippen LogP contribution in [0.4, 0.5) is 18.9 Å². The SMILES string of the molecule is CCOC(=O)CN(c1cc(C(F)(F)F)ccc1Cl)S(=O)(=O)c1cccs1. The van der Waals surface area contributed by atoms with Gasteiger partial charge in [-0.3, -0.25) is 9.10 Å². The number of benzene rings is 1. The molecule has 0 aliphatic rings. The summed E-state index contributed by atoms with van der Waals surface area (Å²) in [6, 6.07) is 4.99. The van der Waals surface area contributed by atoms with Crippen molar-refractivity contribution >= 4 is 44.6 Å². The Labute approximate surface area is 157 Å². The molecule has 11 heteroatoms. The minimum absolute atomic E-state index is 0.0119. The molecule has 0 saturated heterocycles. The lowest BCUT2D eigenvalue weighted by Crippen LogP contribution is -2.36. The first-order valence-electron chi connectivity index (χ1n) is 7.16. The van der Waals surface area contributed by atoms with Gasteiger partial charge in [0.25, 0.3) is 10.0 Å². The first-order chi connectivity index (χ1) is 12.1. The molecule has 0 aliphatic heterocycles. The zero-order chi connectivity index (χ0) is 19.5. The zero-order valence-electron chi connectivity index (χ0n) is 13.3. The molecule has 0 radical (unpaired) electrons. The maximum absolute atomic E-state index is 13.0. The predicted molar refractivity (Wildman–Crippen MR) is 91.9 cm³/mol. The summed E-state index contributed by atoms with van der Waals surface area (Å²) in [5, 5.41) is 1.24. The predicted octanol–water partition coefficient (Wildman–Crippen LogP) is 4.18. The number of thiophene rings is 1. The second kappa shape index (κ2) is 7.85. The van der Waals surface area contributed by atoms with Gasteiger partial charge < -0.3 is 4.74 Å². The summed E-state index contributed by atoms with van der Waals surface area (Å²) in [5.41, 5.74) is -1.55. The van der Waals surface area contributed by atoms with Gasteiger partial charge in [0.2, 0.25) is 0 Å². The molecule has 0 spiro atoms. The molecule has 1 aromatic carbocycles. The topological polar surface area (TPSA) is 63.7 Å². The van der Waals surface area contributed by atoms with Gasteiger partial charge in [-0.25, -0.2) is 8.42 Å². The monoisotopic (exact) mass is 427 g/mol. The Balaban J connectivity index is 2.60. The van der Waals surface area contributed by atoms with E-state index in [9.17, 15) is 26.4 Å². The molecule has 0 aliphatic carbocycles. The van der Waals surface area contributed by atoms with E-state index in [1.54, 1.807) is 0 Å². The molecule has 1 heterocycles. The zero-order valence-corrected chi connectivity index (χ0v) is 15.7.